The summed E-state index contributed by atoms with van der Waals surface area (Å²) in [5.74, 6) is 1.13. The molecule has 0 heterocycles. The van der Waals surface area contributed by atoms with Gasteiger partial charge in [0, 0.05) is 11.3 Å². The van der Waals surface area contributed by atoms with Crippen molar-refractivity contribution >= 4 is 11.8 Å². The second kappa shape index (κ2) is 6.19. The van der Waals surface area contributed by atoms with E-state index in [1.54, 1.807) is 0 Å². The molecule has 0 aliphatic rings. The Labute approximate surface area is 97.4 Å². The summed E-state index contributed by atoms with van der Waals surface area (Å²) in [5, 5.41) is 0.488. The van der Waals surface area contributed by atoms with Crippen molar-refractivity contribution in [3.8, 4) is 0 Å². The fourth-order valence-corrected chi connectivity index (χ4v) is 2.50. The van der Waals surface area contributed by atoms with Crippen LogP contribution in [0.1, 0.15) is 37.9 Å². The number of aryl methyl sites for hydroxylation is 1. The van der Waals surface area contributed by atoms with Gasteiger partial charge in [-0.3, -0.25) is 0 Å². The van der Waals surface area contributed by atoms with Crippen LogP contribution in [0.15, 0.2) is 24.3 Å². The van der Waals surface area contributed by atoms with Gasteiger partial charge >= 0.3 is 0 Å². The Morgan fingerprint density at radius 1 is 1.20 bits per heavy atom. The molecule has 1 aromatic rings. The maximum atomic E-state index is 6.20. The van der Waals surface area contributed by atoms with Crippen molar-refractivity contribution in [2.24, 2.45) is 5.73 Å². The Bertz CT molecular complexity index is 281. The topological polar surface area (TPSA) is 26.0 Å². The first-order valence-electron chi connectivity index (χ1n) is 5.65. The zero-order valence-electron chi connectivity index (χ0n) is 9.86. The lowest BCUT2D eigenvalue weighted by molar-refractivity contribution is 0.715. The molecule has 2 N–H and O–H groups in total. The highest BCUT2D eigenvalue weighted by molar-refractivity contribution is 7.99. The molecule has 0 saturated heterocycles. The van der Waals surface area contributed by atoms with Crippen LogP contribution in [-0.2, 0) is 6.42 Å². The van der Waals surface area contributed by atoms with E-state index in [1.807, 2.05) is 11.8 Å². The van der Waals surface area contributed by atoms with Gasteiger partial charge in [-0.1, -0.05) is 45.0 Å². The Morgan fingerprint density at radius 3 is 2.27 bits per heavy atom. The monoisotopic (exact) mass is 223 g/mol. The molecule has 0 fully saturated rings. The molecule has 2 heteroatoms. The van der Waals surface area contributed by atoms with Crippen molar-refractivity contribution in [3.05, 3.63) is 35.4 Å². The van der Waals surface area contributed by atoms with Crippen molar-refractivity contribution in [2.75, 3.05) is 5.75 Å². The van der Waals surface area contributed by atoms with Crippen LogP contribution in [0.3, 0.4) is 0 Å². The zero-order chi connectivity index (χ0) is 11.3. The second-order valence-electron chi connectivity index (χ2n) is 3.78. The molecule has 2 unspecified atom stereocenters. The number of benzene rings is 1. The van der Waals surface area contributed by atoms with Crippen molar-refractivity contribution in [1.29, 1.82) is 0 Å². The smallest absolute Gasteiger partial charge is 0.0412 e. The van der Waals surface area contributed by atoms with Gasteiger partial charge in [0.2, 0.25) is 0 Å². The molecule has 1 aromatic carbocycles. The predicted molar refractivity (Wildman–Crippen MR) is 70.3 cm³/mol. The highest BCUT2D eigenvalue weighted by Gasteiger charge is 2.13. The first-order chi connectivity index (χ1) is 7.19. The Balaban J connectivity index is 2.69. The summed E-state index contributed by atoms with van der Waals surface area (Å²) in [4.78, 5) is 0. The van der Waals surface area contributed by atoms with Crippen LogP contribution in [0.25, 0.3) is 0 Å². The molecule has 1 rings (SSSR count). The summed E-state index contributed by atoms with van der Waals surface area (Å²) < 4.78 is 0. The highest BCUT2D eigenvalue weighted by atomic mass is 32.2. The quantitative estimate of drug-likeness (QED) is 0.828. The predicted octanol–water partition coefficient (Wildman–Crippen LogP) is 3.39. The van der Waals surface area contributed by atoms with Gasteiger partial charge < -0.3 is 5.73 Å². The summed E-state index contributed by atoms with van der Waals surface area (Å²) >= 11 is 1.92. The third-order valence-corrected chi connectivity index (χ3v) is 3.86. The SMILES string of the molecule is CCSC(C)C(N)c1ccc(CC)cc1. The first-order valence-corrected chi connectivity index (χ1v) is 6.69. The third kappa shape index (κ3) is 3.54. The van der Waals surface area contributed by atoms with Gasteiger partial charge in [0.15, 0.2) is 0 Å². The van der Waals surface area contributed by atoms with E-state index >= 15 is 0 Å². The maximum absolute atomic E-state index is 6.20. The number of nitrogens with two attached hydrogens (primary N) is 1. The van der Waals surface area contributed by atoms with Crippen LogP contribution in [0.2, 0.25) is 0 Å². The molecule has 0 spiro atoms. The van der Waals surface area contributed by atoms with E-state index in [2.05, 4.69) is 45.0 Å². The summed E-state index contributed by atoms with van der Waals surface area (Å²) in [6.07, 6.45) is 1.09. The Morgan fingerprint density at radius 2 is 1.80 bits per heavy atom. The Kier molecular flexibility index (Phi) is 5.20. The summed E-state index contributed by atoms with van der Waals surface area (Å²) in [6, 6.07) is 8.84. The van der Waals surface area contributed by atoms with Gasteiger partial charge in [-0.25, -0.2) is 0 Å². The normalized spacial score (nSPS) is 14.9. The minimum atomic E-state index is 0.154. The number of hydrogen-bond acceptors (Lipinski definition) is 2. The van der Waals surface area contributed by atoms with E-state index < -0.39 is 0 Å². The van der Waals surface area contributed by atoms with Crippen LogP contribution in [0.4, 0.5) is 0 Å². The molecule has 0 bridgehead atoms. The lowest BCUT2D eigenvalue weighted by atomic mass is 10.0. The van der Waals surface area contributed by atoms with Gasteiger partial charge in [0.05, 0.1) is 0 Å². The largest absolute Gasteiger partial charge is 0.323 e. The van der Waals surface area contributed by atoms with Crippen LogP contribution in [0.5, 0.6) is 0 Å². The number of rotatable bonds is 5. The number of hydrogen-bond donors (Lipinski definition) is 1. The lowest BCUT2D eigenvalue weighted by Gasteiger charge is -2.19. The van der Waals surface area contributed by atoms with Crippen molar-refractivity contribution < 1.29 is 0 Å². The van der Waals surface area contributed by atoms with Gasteiger partial charge in [-0.2, -0.15) is 11.8 Å². The van der Waals surface area contributed by atoms with Crippen LogP contribution in [0, 0.1) is 0 Å². The van der Waals surface area contributed by atoms with E-state index in [9.17, 15) is 0 Å². The van der Waals surface area contributed by atoms with Crippen molar-refractivity contribution in [2.45, 2.75) is 38.5 Å². The van der Waals surface area contributed by atoms with E-state index in [0.29, 0.717) is 5.25 Å². The van der Waals surface area contributed by atoms with Crippen LogP contribution in [-0.4, -0.2) is 11.0 Å². The minimum Gasteiger partial charge on any atom is -0.323 e. The molecular weight excluding hydrogens is 202 g/mol. The molecule has 15 heavy (non-hydrogen) atoms. The molecule has 1 nitrogen and oxygen atoms in total. The molecular formula is C13H21NS. The van der Waals surface area contributed by atoms with Crippen molar-refractivity contribution in [3.63, 3.8) is 0 Å². The maximum Gasteiger partial charge on any atom is 0.0412 e. The summed E-state index contributed by atoms with van der Waals surface area (Å²) in [6.45, 7) is 6.55. The van der Waals surface area contributed by atoms with Gasteiger partial charge in [0.1, 0.15) is 0 Å². The van der Waals surface area contributed by atoms with E-state index in [-0.39, 0.29) is 6.04 Å². The molecule has 0 saturated carbocycles. The fourth-order valence-electron chi connectivity index (χ4n) is 1.61. The molecule has 0 amide bonds. The van der Waals surface area contributed by atoms with E-state index in [0.717, 1.165) is 12.2 Å². The van der Waals surface area contributed by atoms with Crippen LogP contribution >= 0.6 is 11.8 Å². The van der Waals surface area contributed by atoms with Crippen LogP contribution < -0.4 is 5.73 Å². The third-order valence-electron chi connectivity index (χ3n) is 2.71. The molecule has 2 atom stereocenters. The van der Waals surface area contributed by atoms with Crippen molar-refractivity contribution in [1.82, 2.24) is 0 Å². The average molecular weight is 223 g/mol. The Hall–Kier alpha value is -0.470. The molecule has 0 aliphatic heterocycles. The summed E-state index contributed by atoms with van der Waals surface area (Å²) in [5.41, 5.74) is 8.82. The highest BCUT2D eigenvalue weighted by Crippen LogP contribution is 2.24. The van der Waals surface area contributed by atoms with E-state index in [1.165, 1.54) is 11.1 Å². The van der Waals surface area contributed by atoms with Gasteiger partial charge in [0.25, 0.3) is 0 Å². The summed E-state index contributed by atoms with van der Waals surface area (Å²) in [7, 11) is 0. The second-order valence-corrected chi connectivity index (χ2v) is 5.44. The molecule has 84 valence electrons. The average Bonchev–Trinajstić information content (AvgIpc) is 2.28. The number of thioether (sulfide) groups is 1. The lowest BCUT2D eigenvalue weighted by Crippen LogP contribution is -2.21. The van der Waals surface area contributed by atoms with E-state index in [4.69, 9.17) is 5.73 Å². The zero-order valence-corrected chi connectivity index (χ0v) is 10.7. The molecule has 0 aliphatic carbocycles. The minimum absolute atomic E-state index is 0.154. The standard InChI is InChI=1S/C13H21NS/c1-4-11-6-8-12(9-7-11)13(14)10(3)15-5-2/h6-10,13H,4-5,14H2,1-3H3. The molecule has 0 aromatic heterocycles. The van der Waals surface area contributed by atoms with Gasteiger partial charge in [-0.05, 0) is 23.3 Å². The fraction of sp³-hybridized carbons (Fsp3) is 0.538. The molecule has 0 radical (unpaired) electrons. The first kappa shape index (κ1) is 12.6. The van der Waals surface area contributed by atoms with Gasteiger partial charge in [-0.15, -0.1) is 0 Å².